The van der Waals surface area contributed by atoms with Gasteiger partial charge in [0.15, 0.2) is 0 Å². The Hall–Kier alpha value is -1.10. The molecule has 0 spiro atoms. The number of ketones is 1. The molecule has 0 aromatic rings. The molecular formula is C18H25NO. The first-order chi connectivity index (χ1) is 9.37. The first-order valence-corrected chi connectivity index (χ1v) is 8.02. The predicted octanol–water partition coefficient (Wildman–Crippen LogP) is 4.41. The third-order valence-corrected chi connectivity index (χ3v) is 6.59. The van der Waals surface area contributed by atoms with Crippen LogP contribution in [0.25, 0.3) is 0 Å². The molecule has 20 heavy (non-hydrogen) atoms. The van der Waals surface area contributed by atoms with Crippen LogP contribution < -0.4 is 0 Å². The Morgan fingerprint density at radius 3 is 2.70 bits per heavy atom. The van der Waals surface area contributed by atoms with Crippen LogP contribution in [-0.4, -0.2) is 5.78 Å². The Bertz CT molecular complexity index is 524. The minimum absolute atomic E-state index is 0.0613. The molecule has 2 heteroatoms. The maximum Gasteiger partial charge on any atom is 0.138 e. The molecule has 0 aliphatic heterocycles. The second kappa shape index (κ2) is 4.20. The molecule has 2 fully saturated rings. The monoisotopic (exact) mass is 271 g/mol. The van der Waals surface area contributed by atoms with Crippen molar-refractivity contribution in [2.75, 3.05) is 0 Å². The van der Waals surface area contributed by atoms with Crippen LogP contribution in [0.5, 0.6) is 0 Å². The van der Waals surface area contributed by atoms with E-state index < -0.39 is 0 Å². The van der Waals surface area contributed by atoms with Crippen molar-refractivity contribution in [2.45, 2.75) is 65.7 Å². The number of carbonyl (C=O) groups excluding carboxylic acids is 1. The number of allylic oxidation sites excluding steroid dienone is 2. The molecule has 2 nitrogen and oxygen atoms in total. The van der Waals surface area contributed by atoms with Crippen molar-refractivity contribution in [2.24, 2.45) is 22.2 Å². The third-order valence-electron chi connectivity index (χ3n) is 6.59. The zero-order valence-electron chi connectivity index (χ0n) is 13.0. The van der Waals surface area contributed by atoms with Gasteiger partial charge in [0.2, 0.25) is 0 Å². The Morgan fingerprint density at radius 2 is 2.00 bits per heavy atom. The van der Waals surface area contributed by atoms with E-state index in [1.165, 1.54) is 5.57 Å². The quantitative estimate of drug-likeness (QED) is 0.612. The summed E-state index contributed by atoms with van der Waals surface area (Å²) in [5.74, 6) is 0.822. The molecule has 3 atom stereocenters. The van der Waals surface area contributed by atoms with Crippen LogP contribution in [0.1, 0.15) is 65.7 Å². The summed E-state index contributed by atoms with van der Waals surface area (Å²) in [7, 11) is 0. The highest BCUT2D eigenvalue weighted by atomic mass is 16.1. The van der Waals surface area contributed by atoms with Crippen LogP contribution in [0.2, 0.25) is 0 Å². The van der Waals surface area contributed by atoms with E-state index in [0.29, 0.717) is 18.1 Å². The second-order valence-corrected chi connectivity index (χ2v) is 7.86. The highest BCUT2D eigenvalue weighted by Gasteiger charge is 2.59. The number of hydrogen-bond donors (Lipinski definition) is 0. The molecule has 0 amide bonds. The summed E-state index contributed by atoms with van der Waals surface area (Å²) < 4.78 is 0. The molecule has 2 unspecified atom stereocenters. The topological polar surface area (TPSA) is 40.9 Å². The molecule has 0 saturated heterocycles. The highest BCUT2D eigenvalue weighted by molar-refractivity contribution is 5.85. The maximum atomic E-state index is 12.3. The summed E-state index contributed by atoms with van der Waals surface area (Å²) in [5.41, 5.74) is 0.995. The Labute approximate surface area is 122 Å². The lowest BCUT2D eigenvalue weighted by molar-refractivity contribution is -0.141. The fourth-order valence-electron chi connectivity index (χ4n) is 5.44. The van der Waals surface area contributed by atoms with Gasteiger partial charge in [-0.25, -0.2) is 0 Å². The maximum absolute atomic E-state index is 12.3. The van der Waals surface area contributed by atoms with Gasteiger partial charge < -0.3 is 0 Å². The summed E-state index contributed by atoms with van der Waals surface area (Å²) >= 11 is 0. The number of rotatable bonds is 0. The van der Waals surface area contributed by atoms with Crippen molar-refractivity contribution in [3.8, 4) is 6.07 Å². The molecule has 3 aliphatic carbocycles. The zero-order valence-corrected chi connectivity index (χ0v) is 13.0. The average Bonchev–Trinajstić information content (AvgIpc) is 2.43. The lowest BCUT2D eigenvalue weighted by Gasteiger charge is -2.58. The fraction of sp³-hybridized carbons (Fsp3) is 0.778. The number of carbonyl (C=O) groups is 1. The van der Waals surface area contributed by atoms with E-state index in [1.54, 1.807) is 0 Å². The SMILES string of the molecule is CC1(C)C(=O)CC[C@]2(C)C3=CCCCC3(C#N)CCC12. The molecule has 0 radical (unpaired) electrons. The number of nitriles is 1. The van der Waals surface area contributed by atoms with Gasteiger partial charge >= 0.3 is 0 Å². The largest absolute Gasteiger partial charge is 0.299 e. The van der Waals surface area contributed by atoms with E-state index in [2.05, 4.69) is 32.9 Å². The van der Waals surface area contributed by atoms with Crippen LogP contribution in [0, 0.1) is 33.5 Å². The number of fused-ring (bicyclic) bond motifs is 3. The lowest BCUT2D eigenvalue weighted by atomic mass is 9.44. The van der Waals surface area contributed by atoms with Crippen molar-refractivity contribution >= 4 is 5.78 Å². The first kappa shape index (κ1) is 13.9. The minimum atomic E-state index is -0.229. The average molecular weight is 271 g/mol. The molecule has 3 rings (SSSR count). The van der Waals surface area contributed by atoms with Crippen molar-refractivity contribution in [3.63, 3.8) is 0 Å². The van der Waals surface area contributed by atoms with Crippen LogP contribution >= 0.6 is 0 Å². The molecule has 108 valence electrons. The summed E-state index contributed by atoms with van der Waals surface area (Å²) in [4.78, 5) is 12.3. The van der Waals surface area contributed by atoms with E-state index in [9.17, 15) is 10.1 Å². The Kier molecular flexibility index (Phi) is 2.91. The van der Waals surface area contributed by atoms with Gasteiger partial charge in [-0.15, -0.1) is 0 Å². The molecule has 0 aromatic carbocycles. The van der Waals surface area contributed by atoms with Gasteiger partial charge in [-0.3, -0.25) is 4.79 Å². The summed E-state index contributed by atoms with van der Waals surface area (Å²) in [6, 6.07) is 2.66. The Balaban J connectivity index is 2.10. The van der Waals surface area contributed by atoms with E-state index >= 15 is 0 Å². The van der Waals surface area contributed by atoms with E-state index in [1.807, 2.05) is 0 Å². The molecule has 0 N–H and O–H groups in total. The number of hydrogen-bond acceptors (Lipinski definition) is 2. The van der Waals surface area contributed by atoms with Gasteiger partial charge in [0, 0.05) is 11.8 Å². The zero-order chi connectivity index (χ0) is 14.6. The molecule has 2 saturated carbocycles. The van der Waals surface area contributed by atoms with Crippen LogP contribution in [-0.2, 0) is 4.79 Å². The lowest BCUT2D eigenvalue weighted by Crippen LogP contribution is -2.54. The minimum Gasteiger partial charge on any atom is -0.299 e. The standard InChI is InChI=1S/C18H25NO/c1-16(2)13-7-11-18(12-19)9-5-4-6-14(18)17(13,3)10-8-15(16)20/h6,13H,4-5,7-11H2,1-3H3/t13?,17-,18?/m0/s1. The third kappa shape index (κ3) is 1.59. The summed E-state index contributed by atoms with van der Waals surface area (Å²) in [6.45, 7) is 6.58. The van der Waals surface area contributed by atoms with E-state index in [-0.39, 0.29) is 16.2 Å². The van der Waals surface area contributed by atoms with Gasteiger partial charge in [-0.2, -0.15) is 5.26 Å². The van der Waals surface area contributed by atoms with Crippen molar-refractivity contribution in [3.05, 3.63) is 11.6 Å². The van der Waals surface area contributed by atoms with Crippen LogP contribution in [0.15, 0.2) is 11.6 Å². The van der Waals surface area contributed by atoms with Gasteiger partial charge in [0.05, 0.1) is 11.5 Å². The molecule has 0 bridgehead atoms. The summed E-state index contributed by atoms with van der Waals surface area (Å²) in [6.07, 6.45) is 9.22. The second-order valence-electron chi connectivity index (χ2n) is 7.86. The smallest absolute Gasteiger partial charge is 0.138 e. The molecular weight excluding hydrogens is 246 g/mol. The first-order valence-electron chi connectivity index (χ1n) is 8.02. The van der Waals surface area contributed by atoms with Crippen LogP contribution in [0.4, 0.5) is 0 Å². The van der Waals surface area contributed by atoms with Gasteiger partial charge in [-0.1, -0.05) is 26.8 Å². The Morgan fingerprint density at radius 1 is 1.25 bits per heavy atom. The predicted molar refractivity (Wildman–Crippen MR) is 78.8 cm³/mol. The molecule has 0 heterocycles. The van der Waals surface area contributed by atoms with Gasteiger partial charge in [-0.05, 0) is 55.4 Å². The fourth-order valence-corrected chi connectivity index (χ4v) is 5.44. The van der Waals surface area contributed by atoms with Crippen molar-refractivity contribution in [1.29, 1.82) is 5.26 Å². The van der Waals surface area contributed by atoms with Gasteiger partial charge in [0.1, 0.15) is 5.78 Å². The van der Waals surface area contributed by atoms with E-state index in [0.717, 1.165) is 38.5 Å². The number of Topliss-reactive ketones (excluding diaryl/α,β-unsaturated/α-hetero) is 1. The van der Waals surface area contributed by atoms with Gasteiger partial charge in [0.25, 0.3) is 0 Å². The molecule has 0 aromatic heterocycles. The van der Waals surface area contributed by atoms with Crippen molar-refractivity contribution < 1.29 is 4.79 Å². The van der Waals surface area contributed by atoms with Crippen molar-refractivity contribution in [1.82, 2.24) is 0 Å². The normalized spacial score (nSPS) is 43.0. The molecule has 3 aliphatic rings. The summed E-state index contributed by atoms with van der Waals surface area (Å²) in [5, 5.41) is 9.81. The van der Waals surface area contributed by atoms with E-state index in [4.69, 9.17) is 0 Å². The van der Waals surface area contributed by atoms with Crippen LogP contribution in [0.3, 0.4) is 0 Å². The number of nitrogens with zero attached hydrogens (tertiary/aromatic N) is 1. The highest BCUT2D eigenvalue weighted by Crippen LogP contribution is 2.65.